The van der Waals surface area contributed by atoms with E-state index in [1.54, 1.807) is 12.1 Å². The minimum atomic E-state index is -4.64. The molecule has 1 spiro atoms. The molecule has 5 atom stereocenters. The van der Waals surface area contributed by atoms with Gasteiger partial charge >= 0.3 is 12.3 Å². The lowest BCUT2D eigenvalue weighted by molar-refractivity contribution is -0.141. The van der Waals surface area contributed by atoms with E-state index in [1.807, 2.05) is 6.08 Å². The maximum atomic E-state index is 14.3. The Morgan fingerprint density at radius 1 is 1.12 bits per heavy atom. The maximum absolute atomic E-state index is 14.3. The predicted molar refractivity (Wildman–Crippen MR) is 180 cm³/mol. The number of benzene rings is 1. The number of rotatable bonds is 4. The third-order valence-electron chi connectivity index (χ3n) is 11.0. The van der Waals surface area contributed by atoms with Gasteiger partial charge in [0.15, 0.2) is 0 Å². The average Bonchev–Trinajstić information content (AvgIpc) is 4.00. The van der Waals surface area contributed by atoms with Crippen LogP contribution in [-0.4, -0.2) is 82.2 Å². The van der Waals surface area contributed by atoms with Crippen molar-refractivity contribution in [2.45, 2.75) is 112 Å². The summed E-state index contributed by atoms with van der Waals surface area (Å²) in [7, 11) is -3.95. The Hall–Kier alpha value is -4.41. The Labute approximate surface area is 297 Å². The molecule has 13 nitrogen and oxygen atoms in total. The van der Waals surface area contributed by atoms with E-state index in [0.29, 0.717) is 44.1 Å². The number of ether oxygens (including phenoxy) is 1. The van der Waals surface area contributed by atoms with E-state index in [0.717, 1.165) is 6.07 Å². The summed E-state index contributed by atoms with van der Waals surface area (Å²) < 4.78 is 76.0. The fourth-order valence-electron chi connectivity index (χ4n) is 7.99. The number of hydrogen-bond acceptors (Lipinski definition) is 8. The van der Waals surface area contributed by atoms with Crippen molar-refractivity contribution >= 4 is 44.7 Å². The standard InChI is InChI=1S/C35H40F3N5O8S/c1-19-28-23(22-9-7-10-24(27(22)39-19)35(36,37)38)14-15-33(51-28)17-26-29(44)41-34(31(46)42-52(49,50)21-12-13-21)16-20(34)8-5-3-2-4-6-11-25(40-32(47)48)30(45)43(26)18-33/h5,7-10,20-21,25-26,40H,2-4,6,11-18H2,1H3,(H,41,44)(H,42,46)(H,47,48)/t20-,25+,26+,33-,34-/m1/s1. The Morgan fingerprint density at radius 2 is 1.88 bits per heavy atom. The second-order valence-electron chi connectivity index (χ2n) is 14.7. The molecule has 0 bridgehead atoms. The number of hydrogen-bond donors (Lipinski definition) is 4. The number of carbonyl (C=O) groups excluding carboxylic acids is 3. The molecule has 4 N–H and O–H groups in total. The first-order chi connectivity index (χ1) is 24.5. The number of nitrogens with one attached hydrogen (secondary N) is 3. The number of aromatic nitrogens is 1. The van der Waals surface area contributed by atoms with Crippen LogP contribution in [0.4, 0.5) is 18.0 Å². The fourth-order valence-corrected chi connectivity index (χ4v) is 9.35. The van der Waals surface area contributed by atoms with Crippen LogP contribution in [-0.2, 0) is 37.0 Å². The second-order valence-corrected chi connectivity index (χ2v) is 16.7. The van der Waals surface area contributed by atoms with Gasteiger partial charge in [-0.3, -0.25) is 19.1 Å². The van der Waals surface area contributed by atoms with Crippen LogP contribution >= 0.6 is 0 Å². The molecular weight excluding hydrogens is 707 g/mol. The lowest BCUT2D eigenvalue weighted by atomic mass is 9.86. The molecule has 280 valence electrons. The molecule has 0 unspecified atom stereocenters. The molecule has 2 aromatic rings. The highest BCUT2D eigenvalue weighted by Crippen LogP contribution is 2.48. The number of fused-ring (bicyclic) bond motifs is 5. The van der Waals surface area contributed by atoms with E-state index in [1.165, 1.54) is 17.9 Å². The molecule has 3 aliphatic heterocycles. The molecule has 3 fully saturated rings. The molecule has 2 aliphatic carbocycles. The minimum Gasteiger partial charge on any atom is -0.483 e. The van der Waals surface area contributed by atoms with Crippen molar-refractivity contribution in [3.63, 3.8) is 0 Å². The summed E-state index contributed by atoms with van der Waals surface area (Å²) in [4.78, 5) is 59.6. The van der Waals surface area contributed by atoms with E-state index < -0.39 is 80.0 Å². The van der Waals surface area contributed by atoms with E-state index in [-0.39, 0.29) is 61.0 Å². The van der Waals surface area contributed by atoms with Crippen molar-refractivity contribution in [2.24, 2.45) is 5.92 Å². The second kappa shape index (κ2) is 12.9. The molecule has 1 aromatic carbocycles. The molecule has 7 rings (SSSR count). The number of carboxylic acid groups (broad SMARTS) is 1. The highest BCUT2D eigenvalue weighted by Gasteiger charge is 2.63. The molecule has 1 aromatic heterocycles. The first-order valence-corrected chi connectivity index (χ1v) is 19.1. The van der Waals surface area contributed by atoms with Crippen LogP contribution in [0.3, 0.4) is 0 Å². The third kappa shape index (κ3) is 6.67. The van der Waals surface area contributed by atoms with Gasteiger partial charge in [-0.05, 0) is 64.4 Å². The van der Waals surface area contributed by atoms with E-state index in [9.17, 15) is 45.9 Å². The number of alkyl halides is 3. The Balaban J connectivity index is 1.24. The summed E-state index contributed by atoms with van der Waals surface area (Å²) in [6.07, 6.45) is 1.66. The molecular formula is C35H40F3N5O8S. The van der Waals surface area contributed by atoms with Gasteiger partial charge in [0, 0.05) is 23.3 Å². The maximum Gasteiger partial charge on any atom is 0.418 e. The first kappa shape index (κ1) is 36.0. The smallest absolute Gasteiger partial charge is 0.418 e. The molecule has 17 heteroatoms. The predicted octanol–water partition coefficient (Wildman–Crippen LogP) is 3.87. The van der Waals surface area contributed by atoms with Crippen LogP contribution in [0.5, 0.6) is 5.75 Å². The van der Waals surface area contributed by atoms with Gasteiger partial charge in [-0.1, -0.05) is 37.1 Å². The average molecular weight is 748 g/mol. The number of sulfonamides is 1. The number of pyridine rings is 1. The highest BCUT2D eigenvalue weighted by molar-refractivity contribution is 7.91. The summed E-state index contributed by atoms with van der Waals surface area (Å²) in [5.41, 5.74) is -3.16. The number of aryl methyl sites for hydroxylation is 2. The van der Waals surface area contributed by atoms with Gasteiger partial charge in [-0.25, -0.2) is 18.2 Å². The first-order valence-electron chi connectivity index (χ1n) is 17.6. The van der Waals surface area contributed by atoms with Crippen LogP contribution in [0.15, 0.2) is 30.4 Å². The molecule has 2 saturated carbocycles. The summed E-state index contributed by atoms with van der Waals surface area (Å²) in [6, 6.07) is 1.37. The van der Waals surface area contributed by atoms with Crippen molar-refractivity contribution in [1.82, 2.24) is 25.2 Å². The zero-order valence-corrected chi connectivity index (χ0v) is 29.2. The van der Waals surface area contributed by atoms with Gasteiger partial charge in [-0.15, -0.1) is 0 Å². The van der Waals surface area contributed by atoms with Gasteiger partial charge in [0.25, 0.3) is 5.91 Å². The summed E-state index contributed by atoms with van der Waals surface area (Å²) >= 11 is 0. The van der Waals surface area contributed by atoms with Crippen molar-refractivity contribution in [3.05, 3.63) is 47.2 Å². The van der Waals surface area contributed by atoms with Crippen LogP contribution < -0.4 is 20.1 Å². The van der Waals surface area contributed by atoms with Gasteiger partial charge in [0.1, 0.15) is 29.0 Å². The van der Waals surface area contributed by atoms with Crippen molar-refractivity contribution in [3.8, 4) is 5.75 Å². The third-order valence-corrected chi connectivity index (χ3v) is 12.8. The van der Waals surface area contributed by atoms with Crippen LogP contribution in [0.2, 0.25) is 0 Å². The van der Waals surface area contributed by atoms with Gasteiger partial charge in [0.05, 0.1) is 28.6 Å². The Morgan fingerprint density at radius 3 is 2.60 bits per heavy atom. The largest absolute Gasteiger partial charge is 0.483 e. The van der Waals surface area contributed by atoms with Crippen LogP contribution in [0, 0.1) is 12.8 Å². The van der Waals surface area contributed by atoms with Crippen LogP contribution in [0.1, 0.15) is 81.0 Å². The summed E-state index contributed by atoms with van der Waals surface area (Å²) in [5, 5.41) is 14.3. The zero-order valence-electron chi connectivity index (χ0n) is 28.4. The van der Waals surface area contributed by atoms with Gasteiger partial charge in [0.2, 0.25) is 21.8 Å². The summed E-state index contributed by atoms with van der Waals surface area (Å²) in [6.45, 7) is 1.38. The number of amides is 4. The SMILES string of the molecule is Cc1nc2c(C(F)(F)F)cccc2c2c1O[C@]1(CC2)C[C@H]2C(=O)N[C@]3(C(=O)NS(=O)(=O)C4CC4)C[C@H]3C=CCCCCC[C@H](NC(=O)O)C(=O)N2C1. The monoisotopic (exact) mass is 747 g/mol. The van der Waals surface area contributed by atoms with Gasteiger partial charge in [-0.2, -0.15) is 13.2 Å². The normalized spacial score (nSPS) is 29.5. The molecule has 0 radical (unpaired) electrons. The summed E-state index contributed by atoms with van der Waals surface area (Å²) in [5.74, 6) is -2.51. The molecule has 4 amide bonds. The number of nitrogens with zero attached hydrogens (tertiary/aromatic N) is 2. The lowest BCUT2D eigenvalue weighted by Crippen LogP contribution is -2.58. The van der Waals surface area contributed by atoms with E-state index in [4.69, 9.17) is 4.74 Å². The minimum absolute atomic E-state index is 0.0809. The number of para-hydroxylation sites is 1. The molecule has 5 aliphatic rings. The fraction of sp³-hybridized carbons (Fsp3) is 0.571. The quantitative estimate of drug-likeness (QED) is 0.338. The Bertz CT molecular complexity index is 1990. The molecule has 52 heavy (non-hydrogen) atoms. The van der Waals surface area contributed by atoms with Crippen molar-refractivity contribution in [1.29, 1.82) is 0 Å². The van der Waals surface area contributed by atoms with E-state index in [2.05, 4.69) is 20.3 Å². The Kier molecular flexibility index (Phi) is 8.93. The van der Waals surface area contributed by atoms with Crippen LogP contribution in [0.25, 0.3) is 10.9 Å². The zero-order chi connectivity index (χ0) is 37.2. The molecule has 4 heterocycles. The topological polar surface area (TPSA) is 184 Å². The molecule has 1 saturated heterocycles. The number of carbonyl (C=O) groups is 4. The highest BCUT2D eigenvalue weighted by atomic mass is 32.2. The van der Waals surface area contributed by atoms with E-state index >= 15 is 0 Å². The lowest BCUT2D eigenvalue weighted by Gasteiger charge is -2.37. The van der Waals surface area contributed by atoms with Crippen molar-refractivity contribution in [2.75, 3.05) is 6.54 Å². The van der Waals surface area contributed by atoms with Gasteiger partial charge < -0.3 is 25.4 Å². The number of allylic oxidation sites excluding steroid dienone is 1. The number of halogens is 3. The van der Waals surface area contributed by atoms with Crippen molar-refractivity contribution < 1.29 is 50.6 Å².